The standard InChI is InChI=1S/C45H31N/c1-45(2)41-14-8-7-13-37(41)38-24-35-27-44-40(25-34(35)26-42(38)45)39-23-33(32-16-15-28-9-3-5-11-30(28)21-32)18-20-43(39)46(44)36-19-17-29-10-4-6-12-31(29)22-36/h3-27H,1-2H3. The Morgan fingerprint density at radius 1 is 0.391 bits per heavy atom. The molecule has 0 radical (unpaired) electrons. The molecule has 1 nitrogen and oxygen atoms in total. The molecule has 0 aliphatic heterocycles. The Hall–Kier alpha value is -5.66. The maximum Gasteiger partial charge on any atom is 0.0547 e. The molecule has 1 aromatic heterocycles. The lowest BCUT2D eigenvalue weighted by atomic mass is 9.82. The van der Waals surface area contributed by atoms with Gasteiger partial charge in [-0.3, -0.25) is 0 Å². The first-order chi connectivity index (χ1) is 22.5. The fraction of sp³-hybridized carbons (Fsp3) is 0.0667. The van der Waals surface area contributed by atoms with Crippen LogP contribution in [-0.2, 0) is 5.41 Å². The number of nitrogens with zero attached hydrogens (tertiary/aromatic N) is 1. The molecule has 0 amide bonds. The second-order valence-electron chi connectivity index (χ2n) is 13.4. The summed E-state index contributed by atoms with van der Waals surface area (Å²) < 4.78 is 2.46. The van der Waals surface area contributed by atoms with Crippen LogP contribution >= 0.6 is 0 Å². The van der Waals surface area contributed by atoms with Gasteiger partial charge in [-0.1, -0.05) is 111 Å². The first kappa shape index (κ1) is 25.6. The average Bonchev–Trinajstić information content (AvgIpc) is 3.53. The van der Waals surface area contributed by atoms with Gasteiger partial charge in [0.2, 0.25) is 0 Å². The molecule has 46 heavy (non-hydrogen) atoms. The highest BCUT2D eigenvalue weighted by Gasteiger charge is 2.35. The van der Waals surface area contributed by atoms with E-state index in [9.17, 15) is 0 Å². The Morgan fingerprint density at radius 3 is 1.85 bits per heavy atom. The molecule has 0 atom stereocenters. The van der Waals surface area contributed by atoms with Crippen molar-refractivity contribution in [1.29, 1.82) is 0 Å². The molecule has 0 saturated carbocycles. The van der Waals surface area contributed by atoms with Crippen LogP contribution in [0.15, 0.2) is 152 Å². The summed E-state index contributed by atoms with van der Waals surface area (Å²) in [6.45, 7) is 4.73. The van der Waals surface area contributed by atoms with E-state index in [1.807, 2.05) is 0 Å². The third-order valence-electron chi connectivity index (χ3n) is 10.5. The fourth-order valence-corrected chi connectivity index (χ4v) is 8.11. The zero-order valence-corrected chi connectivity index (χ0v) is 25.9. The van der Waals surface area contributed by atoms with Crippen molar-refractivity contribution in [2.24, 2.45) is 0 Å². The second kappa shape index (κ2) is 9.19. The van der Waals surface area contributed by atoms with E-state index in [1.54, 1.807) is 0 Å². The minimum absolute atomic E-state index is 0.0303. The molecule has 0 N–H and O–H groups in total. The van der Waals surface area contributed by atoms with Gasteiger partial charge in [-0.15, -0.1) is 0 Å². The van der Waals surface area contributed by atoms with Crippen LogP contribution in [0.5, 0.6) is 0 Å². The Labute approximate surface area is 268 Å². The Balaban J connectivity index is 1.27. The smallest absolute Gasteiger partial charge is 0.0547 e. The van der Waals surface area contributed by atoms with E-state index in [2.05, 4.69) is 170 Å². The number of rotatable bonds is 2. The van der Waals surface area contributed by atoms with Crippen molar-refractivity contribution < 1.29 is 0 Å². The lowest BCUT2D eigenvalue weighted by Crippen LogP contribution is -2.14. The van der Waals surface area contributed by atoms with Crippen molar-refractivity contribution in [2.45, 2.75) is 19.3 Å². The van der Waals surface area contributed by atoms with Crippen LogP contribution < -0.4 is 0 Å². The van der Waals surface area contributed by atoms with Crippen LogP contribution in [-0.4, -0.2) is 4.57 Å². The van der Waals surface area contributed by atoms with Gasteiger partial charge in [0.15, 0.2) is 0 Å². The topological polar surface area (TPSA) is 4.93 Å². The van der Waals surface area contributed by atoms with Crippen LogP contribution in [0.4, 0.5) is 0 Å². The van der Waals surface area contributed by atoms with Gasteiger partial charge in [-0.2, -0.15) is 0 Å². The largest absolute Gasteiger partial charge is 0.309 e. The lowest BCUT2D eigenvalue weighted by molar-refractivity contribution is 0.661. The predicted molar refractivity (Wildman–Crippen MR) is 196 cm³/mol. The van der Waals surface area contributed by atoms with E-state index < -0.39 is 0 Å². The first-order valence-corrected chi connectivity index (χ1v) is 16.2. The highest BCUT2D eigenvalue weighted by atomic mass is 15.0. The molecule has 1 heterocycles. The van der Waals surface area contributed by atoms with Crippen LogP contribution in [0, 0.1) is 0 Å². The molecule has 1 heteroatoms. The molecule has 0 spiro atoms. The highest BCUT2D eigenvalue weighted by molar-refractivity contribution is 6.15. The number of fused-ring (bicyclic) bond motifs is 9. The van der Waals surface area contributed by atoms with Crippen LogP contribution in [0.3, 0.4) is 0 Å². The van der Waals surface area contributed by atoms with Crippen molar-refractivity contribution in [2.75, 3.05) is 0 Å². The Kier molecular flexibility index (Phi) is 5.12. The van der Waals surface area contributed by atoms with Gasteiger partial charge in [-0.05, 0) is 120 Å². The van der Waals surface area contributed by atoms with Crippen molar-refractivity contribution in [3.63, 3.8) is 0 Å². The van der Waals surface area contributed by atoms with E-state index in [-0.39, 0.29) is 5.41 Å². The summed E-state index contributed by atoms with van der Waals surface area (Å²) in [5, 5.41) is 10.2. The Morgan fingerprint density at radius 2 is 1.02 bits per heavy atom. The predicted octanol–water partition coefficient (Wildman–Crippen LogP) is 12.2. The summed E-state index contributed by atoms with van der Waals surface area (Å²) in [4.78, 5) is 0. The molecule has 0 bridgehead atoms. The van der Waals surface area contributed by atoms with Crippen LogP contribution in [0.1, 0.15) is 25.0 Å². The molecular formula is C45H31N. The van der Waals surface area contributed by atoms with Crippen molar-refractivity contribution in [3.8, 4) is 27.9 Å². The molecule has 0 fully saturated rings. The number of hydrogen-bond acceptors (Lipinski definition) is 0. The van der Waals surface area contributed by atoms with E-state index >= 15 is 0 Å². The minimum atomic E-state index is -0.0303. The summed E-state index contributed by atoms with van der Waals surface area (Å²) in [5.41, 5.74) is 11.6. The first-order valence-electron chi connectivity index (χ1n) is 16.2. The Bertz CT molecular complexity index is 2720. The zero-order valence-electron chi connectivity index (χ0n) is 25.9. The maximum atomic E-state index is 2.46. The summed E-state index contributed by atoms with van der Waals surface area (Å²) in [5.74, 6) is 0. The summed E-state index contributed by atoms with van der Waals surface area (Å²) in [6, 6.07) is 56.6. The fourth-order valence-electron chi connectivity index (χ4n) is 8.11. The van der Waals surface area contributed by atoms with Gasteiger partial charge in [-0.25, -0.2) is 0 Å². The van der Waals surface area contributed by atoms with E-state index in [0.717, 1.165) is 0 Å². The molecule has 9 aromatic rings. The summed E-state index contributed by atoms with van der Waals surface area (Å²) in [6.07, 6.45) is 0. The highest BCUT2D eigenvalue weighted by Crippen LogP contribution is 2.50. The van der Waals surface area contributed by atoms with Crippen molar-refractivity contribution in [3.05, 3.63) is 163 Å². The SMILES string of the molecule is CC1(C)c2ccccc2-c2cc3cc4c(cc3cc21)c1cc(-c2ccc3ccccc3c2)ccc1n4-c1ccc2ccccc2c1. The molecule has 1 aliphatic carbocycles. The molecule has 0 saturated heterocycles. The third kappa shape index (κ3) is 3.57. The molecular weight excluding hydrogens is 555 g/mol. The van der Waals surface area contributed by atoms with Crippen LogP contribution in [0.2, 0.25) is 0 Å². The molecule has 10 rings (SSSR count). The number of benzene rings is 8. The molecule has 1 aliphatic rings. The average molecular weight is 586 g/mol. The number of aromatic nitrogens is 1. The van der Waals surface area contributed by atoms with Gasteiger partial charge in [0.05, 0.1) is 11.0 Å². The van der Waals surface area contributed by atoms with Gasteiger partial charge < -0.3 is 4.57 Å². The zero-order chi connectivity index (χ0) is 30.6. The number of hydrogen-bond donors (Lipinski definition) is 0. The van der Waals surface area contributed by atoms with Gasteiger partial charge in [0, 0.05) is 21.9 Å². The summed E-state index contributed by atoms with van der Waals surface area (Å²) >= 11 is 0. The molecule has 0 unspecified atom stereocenters. The quantitative estimate of drug-likeness (QED) is 0.190. The van der Waals surface area contributed by atoms with Crippen LogP contribution in [0.25, 0.3) is 82.1 Å². The van der Waals surface area contributed by atoms with E-state index in [1.165, 1.54) is 93.2 Å². The van der Waals surface area contributed by atoms with Gasteiger partial charge in [0.1, 0.15) is 0 Å². The molecule has 216 valence electrons. The second-order valence-corrected chi connectivity index (χ2v) is 13.4. The third-order valence-corrected chi connectivity index (χ3v) is 10.5. The summed E-state index contributed by atoms with van der Waals surface area (Å²) in [7, 11) is 0. The normalized spacial score (nSPS) is 13.6. The van der Waals surface area contributed by atoms with E-state index in [4.69, 9.17) is 0 Å². The van der Waals surface area contributed by atoms with E-state index in [0.29, 0.717) is 0 Å². The van der Waals surface area contributed by atoms with Gasteiger partial charge >= 0.3 is 0 Å². The maximum absolute atomic E-state index is 2.46. The van der Waals surface area contributed by atoms with Crippen molar-refractivity contribution >= 4 is 54.1 Å². The molecule has 8 aromatic carbocycles. The monoisotopic (exact) mass is 585 g/mol. The minimum Gasteiger partial charge on any atom is -0.309 e. The lowest BCUT2D eigenvalue weighted by Gasteiger charge is -2.21. The van der Waals surface area contributed by atoms with Gasteiger partial charge in [0.25, 0.3) is 0 Å². The van der Waals surface area contributed by atoms with Crippen molar-refractivity contribution in [1.82, 2.24) is 4.57 Å².